The third-order valence-corrected chi connectivity index (χ3v) is 1.88. The van der Waals surface area contributed by atoms with Gasteiger partial charge in [0, 0.05) is 0 Å². The van der Waals surface area contributed by atoms with E-state index in [4.69, 9.17) is 9.84 Å². The van der Waals surface area contributed by atoms with Crippen molar-refractivity contribution in [2.45, 2.75) is 40.0 Å². The molecule has 0 saturated carbocycles. The van der Waals surface area contributed by atoms with Crippen molar-refractivity contribution in [1.82, 2.24) is 0 Å². The minimum atomic E-state index is -0.984. The van der Waals surface area contributed by atoms with E-state index in [1.54, 1.807) is 13.8 Å². The van der Waals surface area contributed by atoms with Crippen molar-refractivity contribution in [3.05, 3.63) is 0 Å². The summed E-state index contributed by atoms with van der Waals surface area (Å²) in [6, 6.07) is 0. The van der Waals surface area contributed by atoms with Crippen LogP contribution in [0.1, 0.15) is 40.0 Å². The van der Waals surface area contributed by atoms with Gasteiger partial charge < -0.3 is 9.84 Å². The number of carbonyl (C=O) groups excluding carboxylic acids is 1. The summed E-state index contributed by atoms with van der Waals surface area (Å²) in [6.45, 7) is 5.53. The number of unbranched alkanes of at least 4 members (excludes halogenated alkanes) is 1. The van der Waals surface area contributed by atoms with Crippen molar-refractivity contribution >= 4 is 11.9 Å². The molecule has 0 aliphatic heterocycles. The van der Waals surface area contributed by atoms with E-state index in [-0.39, 0.29) is 6.42 Å². The fourth-order valence-electron chi connectivity index (χ4n) is 0.955. The van der Waals surface area contributed by atoms with Crippen LogP contribution in [-0.2, 0) is 14.3 Å². The number of esters is 1. The predicted octanol–water partition coefficient (Wildman–Crippen LogP) is 1.83. The molecular formula is C10H18O4. The number of rotatable bonds is 6. The van der Waals surface area contributed by atoms with Crippen molar-refractivity contribution in [2.75, 3.05) is 6.61 Å². The topological polar surface area (TPSA) is 63.6 Å². The summed E-state index contributed by atoms with van der Waals surface area (Å²) in [5.41, 5.74) is -0.931. The molecule has 0 saturated heterocycles. The van der Waals surface area contributed by atoms with Gasteiger partial charge >= 0.3 is 11.9 Å². The van der Waals surface area contributed by atoms with E-state index in [0.717, 1.165) is 12.8 Å². The Bertz CT molecular complexity index is 208. The molecule has 4 heteroatoms. The van der Waals surface area contributed by atoms with Gasteiger partial charge in [-0.15, -0.1) is 0 Å². The van der Waals surface area contributed by atoms with Gasteiger partial charge in [0.2, 0.25) is 0 Å². The first-order valence-corrected chi connectivity index (χ1v) is 4.79. The van der Waals surface area contributed by atoms with E-state index in [2.05, 4.69) is 0 Å². The lowest BCUT2D eigenvalue weighted by Crippen LogP contribution is -2.29. The van der Waals surface area contributed by atoms with Gasteiger partial charge in [0.25, 0.3) is 0 Å². The summed E-state index contributed by atoms with van der Waals surface area (Å²) in [5.74, 6) is -1.42. The Morgan fingerprint density at radius 1 is 1.36 bits per heavy atom. The number of carboxylic acids is 1. The molecule has 0 aromatic carbocycles. The molecule has 0 amide bonds. The van der Waals surface area contributed by atoms with E-state index < -0.39 is 17.4 Å². The molecule has 0 radical (unpaired) electrons. The molecule has 0 aliphatic rings. The van der Waals surface area contributed by atoms with Crippen LogP contribution in [0.2, 0.25) is 0 Å². The van der Waals surface area contributed by atoms with E-state index in [1.165, 1.54) is 0 Å². The van der Waals surface area contributed by atoms with E-state index in [9.17, 15) is 9.59 Å². The number of hydrogen-bond donors (Lipinski definition) is 1. The zero-order valence-corrected chi connectivity index (χ0v) is 9.00. The molecule has 0 heterocycles. The highest BCUT2D eigenvalue weighted by atomic mass is 16.5. The minimum Gasteiger partial charge on any atom is -0.481 e. The highest BCUT2D eigenvalue weighted by Gasteiger charge is 2.31. The third-order valence-electron chi connectivity index (χ3n) is 1.88. The molecule has 0 unspecified atom stereocenters. The van der Waals surface area contributed by atoms with Gasteiger partial charge in [0.1, 0.15) is 0 Å². The molecule has 0 bridgehead atoms. The maximum absolute atomic E-state index is 11.4. The molecule has 0 spiro atoms. The molecule has 0 aromatic rings. The maximum Gasteiger partial charge on any atom is 0.312 e. The highest BCUT2D eigenvalue weighted by molar-refractivity contribution is 5.81. The normalized spacial score (nSPS) is 11.1. The van der Waals surface area contributed by atoms with Crippen LogP contribution in [-0.4, -0.2) is 23.7 Å². The fraction of sp³-hybridized carbons (Fsp3) is 0.800. The number of aliphatic carboxylic acids is 1. The van der Waals surface area contributed by atoms with Gasteiger partial charge in [0.05, 0.1) is 18.4 Å². The first-order chi connectivity index (χ1) is 6.40. The van der Waals surface area contributed by atoms with Gasteiger partial charge in [-0.05, 0) is 20.3 Å². The molecule has 0 aromatic heterocycles. The SMILES string of the molecule is CCCCOC(=O)C(C)(C)CC(=O)O. The summed E-state index contributed by atoms with van der Waals surface area (Å²) < 4.78 is 4.95. The molecule has 14 heavy (non-hydrogen) atoms. The molecule has 0 rings (SSSR count). The van der Waals surface area contributed by atoms with Crippen LogP contribution in [0.5, 0.6) is 0 Å². The lowest BCUT2D eigenvalue weighted by Gasteiger charge is -2.19. The maximum atomic E-state index is 11.4. The molecule has 0 fully saturated rings. The van der Waals surface area contributed by atoms with Crippen molar-refractivity contribution in [2.24, 2.45) is 5.41 Å². The third kappa shape index (κ3) is 4.84. The Balaban J connectivity index is 4.01. The lowest BCUT2D eigenvalue weighted by molar-refractivity contribution is -0.158. The summed E-state index contributed by atoms with van der Waals surface area (Å²) >= 11 is 0. The molecule has 1 N–H and O–H groups in total. The second-order valence-corrected chi connectivity index (χ2v) is 3.94. The number of carbonyl (C=O) groups is 2. The summed E-state index contributed by atoms with van der Waals surface area (Å²) in [6.07, 6.45) is 1.57. The Hall–Kier alpha value is -1.06. The van der Waals surface area contributed by atoms with Crippen LogP contribution in [0.15, 0.2) is 0 Å². The molecule has 82 valence electrons. The average Bonchev–Trinajstić information content (AvgIpc) is 2.02. The Morgan fingerprint density at radius 3 is 2.36 bits per heavy atom. The molecule has 0 atom stereocenters. The van der Waals surface area contributed by atoms with Crippen LogP contribution in [0.3, 0.4) is 0 Å². The Kier molecular flexibility index (Phi) is 5.20. The van der Waals surface area contributed by atoms with Gasteiger partial charge in [0.15, 0.2) is 0 Å². The predicted molar refractivity (Wildman–Crippen MR) is 51.9 cm³/mol. The minimum absolute atomic E-state index is 0.196. The van der Waals surface area contributed by atoms with E-state index in [1.807, 2.05) is 6.92 Å². The number of carboxylic acid groups (broad SMARTS) is 1. The quantitative estimate of drug-likeness (QED) is 0.527. The average molecular weight is 202 g/mol. The smallest absolute Gasteiger partial charge is 0.312 e. The standard InChI is InChI=1S/C10H18O4/c1-4-5-6-14-9(13)10(2,3)7-8(11)12/h4-7H2,1-3H3,(H,11,12). The van der Waals surface area contributed by atoms with Gasteiger partial charge in [-0.3, -0.25) is 9.59 Å². The Morgan fingerprint density at radius 2 is 1.93 bits per heavy atom. The van der Waals surface area contributed by atoms with Crippen LogP contribution in [0.25, 0.3) is 0 Å². The second-order valence-electron chi connectivity index (χ2n) is 3.94. The summed E-state index contributed by atoms with van der Waals surface area (Å²) in [5, 5.41) is 8.56. The molecule has 4 nitrogen and oxygen atoms in total. The van der Waals surface area contributed by atoms with Crippen molar-refractivity contribution < 1.29 is 19.4 Å². The van der Waals surface area contributed by atoms with Crippen molar-refractivity contribution in [3.8, 4) is 0 Å². The van der Waals surface area contributed by atoms with Crippen LogP contribution in [0, 0.1) is 5.41 Å². The molecular weight excluding hydrogens is 184 g/mol. The first-order valence-electron chi connectivity index (χ1n) is 4.79. The monoisotopic (exact) mass is 202 g/mol. The number of ether oxygens (including phenoxy) is 1. The Labute approximate surface area is 84.3 Å². The van der Waals surface area contributed by atoms with Crippen LogP contribution >= 0.6 is 0 Å². The summed E-state index contributed by atoms with van der Waals surface area (Å²) in [7, 11) is 0. The zero-order chi connectivity index (χ0) is 11.2. The fourth-order valence-corrected chi connectivity index (χ4v) is 0.955. The van der Waals surface area contributed by atoms with Gasteiger partial charge in [-0.2, -0.15) is 0 Å². The summed E-state index contributed by atoms with van der Waals surface area (Å²) in [4.78, 5) is 21.8. The van der Waals surface area contributed by atoms with E-state index >= 15 is 0 Å². The lowest BCUT2D eigenvalue weighted by atomic mass is 9.90. The number of hydrogen-bond acceptors (Lipinski definition) is 3. The highest BCUT2D eigenvalue weighted by Crippen LogP contribution is 2.22. The van der Waals surface area contributed by atoms with Crippen LogP contribution in [0.4, 0.5) is 0 Å². The van der Waals surface area contributed by atoms with Crippen molar-refractivity contribution in [1.29, 1.82) is 0 Å². The van der Waals surface area contributed by atoms with Crippen LogP contribution < -0.4 is 0 Å². The van der Waals surface area contributed by atoms with Crippen molar-refractivity contribution in [3.63, 3.8) is 0 Å². The first kappa shape index (κ1) is 12.9. The largest absolute Gasteiger partial charge is 0.481 e. The van der Waals surface area contributed by atoms with Gasteiger partial charge in [-0.25, -0.2) is 0 Å². The zero-order valence-electron chi connectivity index (χ0n) is 9.00. The van der Waals surface area contributed by atoms with Gasteiger partial charge in [-0.1, -0.05) is 13.3 Å². The van der Waals surface area contributed by atoms with E-state index in [0.29, 0.717) is 6.61 Å². The molecule has 0 aliphatic carbocycles. The second kappa shape index (κ2) is 5.62.